The van der Waals surface area contributed by atoms with E-state index in [0.29, 0.717) is 31.5 Å². The zero-order chi connectivity index (χ0) is 16.0. The smallest absolute Gasteiger partial charge is 0.310 e. The van der Waals surface area contributed by atoms with Crippen molar-refractivity contribution in [2.75, 3.05) is 6.54 Å². The van der Waals surface area contributed by atoms with E-state index >= 15 is 0 Å². The number of rotatable bonds is 8. The van der Waals surface area contributed by atoms with Gasteiger partial charge in [-0.3, -0.25) is 14.9 Å². The average Bonchev–Trinajstić information content (AvgIpc) is 2.45. The molecule has 0 unspecified atom stereocenters. The highest BCUT2D eigenvalue weighted by Crippen LogP contribution is 2.26. The first-order valence-electron chi connectivity index (χ1n) is 7.04. The summed E-state index contributed by atoms with van der Waals surface area (Å²) < 4.78 is 0. The second kappa shape index (κ2) is 7.17. The lowest BCUT2D eigenvalue weighted by Gasteiger charge is -2.27. The standard InChI is InChI=1S/C15H22N2O4/c1-4-15(5-2,14(18)19)10-16-9-12-7-6-11(3)13(8-12)17(20)21/h6-8,16H,4-5,9-10H2,1-3H3,(H,18,19). The van der Waals surface area contributed by atoms with Crippen LogP contribution in [0.3, 0.4) is 0 Å². The first-order chi connectivity index (χ1) is 9.86. The Morgan fingerprint density at radius 2 is 2.00 bits per heavy atom. The van der Waals surface area contributed by atoms with Crippen LogP contribution in [0.15, 0.2) is 18.2 Å². The predicted octanol–water partition coefficient (Wildman–Crippen LogP) is 2.88. The summed E-state index contributed by atoms with van der Waals surface area (Å²) in [4.78, 5) is 21.9. The molecule has 0 radical (unpaired) electrons. The first-order valence-corrected chi connectivity index (χ1v) is 7.04. The second-order valence-corrected chi connectivity index (χ2v) is 5.27. The average molecular weight is 294 g/mol. The molecule has 6 heteroatoms. The van der Waals surface area contributed by atoms with Gasteiger partial charge in [0.1, 0.15) is 0 Å². The Labute approximate surface area is 124 Å². The zero-order valence-corrected chi connectivity index (χ0v) is 12.7. The Morgan fingerprint density at radius 3 is 2.48 bits per heavy atom. The minimum Gasteiger partial charge on any atom is -0.481 e. The number of nitrogens with one attached hydrogen (secondary N) is 1. The molecular weight excluding hydrogens is 272 g/mol. The number of benzene rings is 1. The molecule has 0 atom stereocenters. The third-order valence-electron chi connectivity index (χ3n) is 4.07. The molecule has 0 bridgehead atoms. The molecule has 0 aromatic heterocycles. The number of aryl methyl sites for hydroxylation is 1. The molecule has 1 rings (SSSR count). The molecule has 0 amide bonds. The van der Waals surface area contributed by atoms with Gasteiger partial charge in [-0.2, -0.15) is 0 Å². The Balaban J connectivity index is 2.74. The van der Waals surface area contributed by atoms with Gasteiger partial charge in [0.05, 0.1) is 10.3 Å². The van der Waals surface area contributed by atoms with Crippen LogP contribution in [0.2, 0.25) is 0 Å². The molecule has 0 aliphatic carbocycles. The van der Waals surface area contributed by atoms with Gasteiger partial charge in [0.2, 0.25) is 0 Å². The number of hydrogen-bond donors (Lipinski definition) is 2. The summed E-state index contributed by atoms with van der Waals surface area (Å²) in [5.41, 5.74) is 0.700. The molecule has 1 aromatic carbocycles. The maximum atomic E-state index is 11.4. The largest absolute Gasteiger partial charge is 0.481 e. The number of carboxylic acid groups (broad SMARTS) is 1. The van der Waals surface area contributed by atoms with Crippen molar-refractivity contribution in [3.63, 3.8) is 0 Å². The molecular formula is C15H22N2O4. The lowest BCUT2D eigenvalue weighted by molar-refractivity contribution is -0.385. The molecule has 116 valence electrons. The quantitative estimate of drug-likeness (QED) is 0.568. The van der Waals surface area contributed by atoms with E-state index in [1.165, 1.54) is 6.07 Å². The van der Waals surface area contributed by atoms with E-state index in [-0.39, 0.29) is 5.69 Å². The van der Waals surface area contributed by atoms with Crippen molar-refractivity contribution in [3.8, 4) is 0 Å². The van der Waals surface area contributed by atoms with Gasteiger partial charge in [-0.25, -0.2) is 0 Å². The molecule has 0 saturated heterocycles. The van der Waals surface area contributed by atoms with Gasteiger partial charge in [0.25, 0.3) is 5.69 Å². The maximum absolute atomic E-state index is 11.4. The molecule has 6 nitrogen and oxygen atoms in total. The predicted molar refractivity (Wildman–Crippen MR) is 80.2 cm³/mol. The number of aliphatic carboxylic acids is 1. The van der Waals surface area contributed by atoms with Crippen LogP contribution in [0.5, 0.6) is 0 Å². The monoisotopic (exact) mass is 294 g/mol. The molecule has 0 fully saturated rings. The summed E-state index contributed by atoms with van der Waals surface area (Å²) in [5.74, 6) is -0.810. The van der Waals surface area contributed by atoms with Crippen LogP contribution in [0.4, 0.5) is 5.69 Å². The van der Waals surface area contributed by atoms with Crippen molar-refractivity contribution in [1.29, 1.82) is 0 Å². The van der Waals surface area contributed by atoms with Crippen LogP contribution in [-0.4, -0.2) is 22.5 Å². The van der Waals surface area contributed by atoms with Crippen molar-refractivity contribution in [3.05, 3.63) is 39.4 Å². The number of carbonyl (C=O) groups is 1. The van der Waals surface area contributed by atoms with Crippen molar-refractivity contribution in [1.82, 2.24) is 5.32 Å². The highest BCUT2D eigenvalue weighted by Gasteiger charge is 2.34. The Hall–Kier alpha value is -1.95. The third kappa shape index (κ3) is 4.01. The van der Waals surface area contributed by atoms with E-state index in [0.717, 1.165) is 5.56 Å². The number of nitro groups is 1. The second-order valence-electron chi connectivity index (χ2n) is 5.27. The van der Waals surface area contributed by atoms with Crippen LogP contribution < -0.4 is 5.32 Å². The number of nitro benzene ring substituents is 1. The molecule has 0 aliphatic heterocycles. The van der Waals surface area contributed by atoms with E-state index in [4.69, 9.17) is 0 Å². The van der Waals surface area contributed by atoms with Crippen molar-refractivity contribution in [2.45, 2.75) is 40.2 Å². The topological polar surface area (TPSA) is 92.5 Å². The minimum absolute atomic E-state index is 0.0878. The summed E-state index contributed by atoms with van der Waals surface area (Å²) in [7, 11) is 0. The molecule has 0 heterocycles. The SMILES string of the molecule is CCC(CC)(CNCc1ccc(C)c([N+](=O)[O-])c1)C(=O)O. The molecule has 1 aromatic rings. The zero-order valence-electron chi connectivity index (χ0n) is 12.7. The first kappa shape index (κ1) is 17.1. The van der Waals surface area contributed by atoms with Crippen molar-refractivity contribution < 1.29 is 14.8 Å². The summed E-state index contributed by atoms with van der Waals surface area (Å²) in [6.07, 6.45) is 1.08. The fraction of sp³-hybridized carbons (Fsp3) is 0.533. The van der Waals surface area contributed by atoms with Crippen LogP contribution in [0, 0.1) is 22.5 Å². The van der Waals surface area contributed by atoms with Gasteiger partial charge in [0, 0.05) is 24.7 Å². The Kier molecular flexibility index (Phi) is 5.84. The molecule has 0 saturated carbocycles. The summed E-state index contributed by atoms with van der Waals surface area (Å²) in [5, 5.41) is 23.3. The molecule has 0 spiro atoms. The molecule has 21 heavy (non-hydrogen) atoms. The van der Waals surface area contributed by atoms with E-state index in [1.807, 2.05) is 19.9 Å². The number of nitrogens with zero attached hydrogens (tertiary/aromatic N) is 1. The molecule has 0 aliphatic rings. The number of hydrogen-bond acceptors (Lipinski definition) is 4. The van der Waals surface area contributed by atoms with E-state index in [1.54, 1.807) is 13.0 Å². The van der Waals surface area contributed by atoms with Gasteiger partial charge in [0.15, 0.2) is 0 Å². The highest BCUT2D eigenvalue weighted by molar-refractivity contribution is 5.74. The summed E-state index contributed by atoms with van der Waals surface area (Å²) in [6.45, 7) is 6.16. The third-order valence-corrected chi connectivity index (χ3v) is 4.07. The van der Waals surface area contributed by atoms with Crippen molar-refractivity contribution in [2.24, 2.45) is 5.41 Å². The normalized spacial score (nSPS) is 11.4. The fourth-order valence-corrected chi connectivity index (χ4v) is 2.29. The van der Waals surface area contributed by atoms with Crippen molar-refractivity contribution >= 4 is 11.7 Å². The van der Waals surface area contributed by atoms with Crippen LogP contribution in [0.25, 0.3) is 0 Å². The van der Waals surface area contributed by atoms with Gasteiger partial charge in [-0.15, -0.1) is 0 Å². The lowest BCUT2D eigenvalue weighted by Crippen LogP contribution is -2.40. The highest BCUT2D eigenvalue weighted by atomic mass is 16.6. The van der Waals surface area contributed by atoms with Crippen LogP contribution in [-0.2, 0) is 11.3 Å². The van der Waals surface area contributed by atoms with Crippen LogP contribution >= 0.6 is 0 Å². The maximum Gasteiger partial charge on any atom is 0.310 e. The van der Waals surface area contributed by atoms with E-state index in [2.05, 4.69) is 5.32 Å². The summed E-state index contributed by atoms with van der Waals surface area (Å²) >= 11 is 0. The van der Waals surface area contributed by atoms with Gasteiger partial charge in [-0.1, -0.05) is 26.0 Å². The lowest BCUT2D eigenvalue weighted by atomic mass is 9.82. The molecule has 2 N–H and O–H groups in total. The van der Waals surface area contributed by atoms with E-state index in [9.17, 15) is 20.0 Å². The van der Waals surface area contributed by atoms with Gasteiger partial charge >= 0.3 is 5.97 Å². The van der Waals surface area contributed by atoms with Gasteiger partial charge in [-0.05, 0) is 25.3 Å². The van der Waals surface area contributed by atoms with Crippen LogP contribution in [0.1, 0.15) is 37.8 Å². The van der Waals surface area contributed by atoms with Gasteiger partial charge < -0.3 is 10.4 Å². The Morgan fingerprint density at radius 1 is 1.38 bits per heavy atom. The van der Waals surface area contributed by atoms with E-state index < -0.39 is 16.3 Å². The minimum atomic E-state index is -0.810. The fourth-order valence-electron chi connectivity index (χ4n) is 2.29. The summed E-state index contributed by atoms with van der Waals surface area (Å²) in [6, 6.07) is 5.05. The Bertz CT molecular complexity index is 524. The number of carboxylic acids is 1.